The highest BCUT2D eigenvalue weighted by Crippen LogP contribution is 2.14. The van der Waals surface area contributed by atoms with Crippen molar-refractivity contribution in [1.82, 2.24) is 24.5 Å². The van der Waals surface area contributed by atoms with Crippen molar-refractivity contribution in [2.75, 3.05) is 6.54 Å². The molecule has 0 unspecified atom stereocenters. The van der Waals surface area contributed by atoms with Gasteiger partial charge >= 0.3 is 0 Å². The van der Waals surface area contributed by atoms with Gasteiger partial charge in [-0.05, 0) is 24.6 Å². The van der Waals surface area contributed by atoms with Crippen molar-refractivity contribution < 1.29 is 8.42 Å². The molecule has 3 aromatic rings. The molecule has 122 valence electrons. The normalized spacial score (nSPS) is 12.1. The summed E-state index contributed by atoms with van der Waals surface area (Å²) in [6, 6.07) is 6.75. The highest BCUT2D eigenvalue weighted by molar-refractivity contribution is 7.88. The topological polar surface area (TPSA) is 89.2 Å². The lowest BCUT2D eigenvalue weighted by Crippen LogP contribution is -2.27. The predicted octanol–water partition coefficient (Wildman–Crippen LogP) is 1.81. The molecule has 0 aliphatic heterocycles. The first kappa shape index (κ1) is 16.3. The molecule has 0 aliphatic carbocycles. The average molecular weight is 372 g/mol. The summed E-state index contributed by atoms with van der Waals surface area (Å²) < 4.78 is 28.4. The number of fused-ring (bicyclic) bond motifs is 1. The number of aryl methyl sites for hydroxylation is 1. The van der Waals surface area contributed by atoms with E-state index in [1.54, 1.807) is 28.8 Å². The lowest BCUT2D eigenvalue weighted by molar-refractivity contribution is 0.580. The second kappa shape index (κ2) is 6.52. The molecule has 10 heteroatoms. The number of sulfonamides is 1. The Bertz CT molecular complexity index is 918. The van der Waals surface area contributed by atoms with Gasteiger partial charge in [0.1, 0.15) is 5.01 Å². The van der Waals surface area contributed by atoms with E-state index in [2.05, 4.69) is 20.0 Å². The highest BCUT2D eigenvalue weighted by Gasteiger charge is 2.13. The molecule has 0 radical (unpaired) electrons. The van der Waals surface area contributed by atoms with E-state index in [1.807, 2.05) is 6.92 Å². The fourth-order valence-electron chi connectivity index (χ4n) is 2.02. The van der Waals surface area contributed by atoms with E-state index in [-0.39, 0.29) is 5.75 Å². The Morgan fingerprint density at radius 1 is 1.26 bits per heavy atom. The van der Waals surface area contributed by atoms with Crippen molar-refractivity contribution in [2.45, 2.75) is 19.1 Å². The van der Waals surface area contributed by atoms with Gasteiger partial charge in [-0.1, -0.05) is 35.1 Å². The number of hydrogen-bond acceptors (Lipinski definition) is 6. The van der Waals surface area contributed by atoms with E-state index in [9.17, 15) is 8.42 Å². The number of nitrogens with one attached hydrogen (secondary N) is 1. The third-order valence-corrected chi connectivity index (χ3v) is 5.69. The van der Waals surface area contributed by atoms with Gasteiger partial charge in [0.05, 0.1) is 5.75 Å². The van der Waals surface area contributed by atoms with Crippen LogP contribution in [-0.2, 0) is 22.2 Å². The molecular weight excluding hydrogens is 358 g/mol. The summed E-state index contributed by atoms with van der Waals surface area (Å²) in [6.07, 6.45) is 0.507. The number of hydrogen-bond donors (Lipinski definition) is 1. The lowest BCUT2D eigenvalue weighted by Gasteiger charge is -2.06. The minimum Gasteiger partial charge on any atom is -0.215 e. The zero-order valence-electron chi connectivity index (χ0n) is 12.2. The van der Waals surface area contributed by atoms with Gasteiger partial charge < -0.3 is 0 Å². The monoisotopic (exact) mass is 371 g/mol. The van der Waals surface area contributed by atoms with Gasteiger partial charge in [0.2, 0.25) is 15.0 Å². The quantitative estimate of drug-likeness (QED) is 0.713. The first-order chi connectivity index (χ1) is 10.9. The summed E-state index contributed by atoms with van der Waals surface area (Å²) in [5, 5.41) is 13.6. The van der Waals surface area contributed by atoms with Crippen molar-refractivity contribution in [3.05, 3.63) is 45.7 Å². The largest absolute Gasteiger partial charge is 0.234 e. The molecule has 0 spiro atoms. The van der Waals surface area contributed by atoms with Crippen LogP contribution in [0.2, 0.25) is 5.02 Å². The Kier molecular flexibility index (Phi) is 4.62. The fourth-order valence-corrected chi connectivity index (χ4v) is 4.17. The minimum absolute atomic E-state index is 0.0750. The zero-order valence-corrected chi connectivity index (χ0v) is 14.6. The Balaban J connectivity index is 1.57. The molecule has 2 aromatic heterocycles. The van der Waals surface area contributed by atoms with Gasteiger partial charge in [-0.25, -0.2) is 13.1 Å². The van der Waals surface area contributed by atoms with E-state index in [4.69, 9.17) is 11.6 Å². The van der Waals surface area contributed by atoms with Crippen LogP contribution >= 0.6 is 22.9 Å². The fraction of sp³-hybridized carbons (Fsp3) is 0.308. The molecule has 0 bridgehead atoms. The van der Waals surface area contributed by atoms with E-state index in [0.29, 0.717) is 34.3 Å². The van der Waals surface area contributed by atoms with Crippen molar-refractivity contribution in [3.63, 3.8) is 0 Å². The van der Waals surface area contributed by atoms with Crippen LogP contribution in [0.15, 0.2) is 24.3 Å². The van der Waals surface area contributed by atoms with E-state index in [0.717, 1.165) is 5.01 Å². The van der Waals surface area contributed by atoms with Crippen LogP contribution in [0.25, 0.3) is 4.96 Å². The molecule has 2 heterocycles. The molecule has 0 fully saturated rings. The molecule has 1 aromatic carbocycles. The summed E-state index contributed by atoms with van der Waals surface area (Å²) in [5.41, 5.74) is 0.691. The molecule has 0 atom stereocenters. The van der Waals surface area contributed by atoms with Crippen molar-refractivity contribution in [3.8, 4) is 0 Å². The van der Waals surface area contributed by atoms with E-state index in [1.165, 1.54) is 11.3 Å². The molecule has 7 nitrogen and oxygen atoms in total. The summed E-state index contributed by atoms with van der Waals surface area (Å²) >= 11 is 7.19. The number of benzene rings is 1. The second-order valence-corrected chi connectivity index (χ2v) is 8.25. The van der Waals surface area contributed by atoms with Gasteiger partial charge in [-0.15, -0.1) is 10.2 Å². The lowest BCUT2D eigenvalue weighted by atomic mass is 10.2. The Labute approximate surface area is 142 Å². The molecule has 0 saturated heterocycles. The molecule has 23 heavy (non-hydrogen) atoms. The maximum atomic E-state index is 12.1. The third kappa shape index (κ3) is 4.05. The standard InChI is InChI=1S/C13H14ClN5O2S2/c1-9-16-17-13-19(9)18-12(22-13)6-7-15-23(20,21)8-10-2-4-11(14)5-3-10/h2-5,15H,6-8H2,1H3. The van der Waals surface area contributed by atoms with Gasteiger partial charge in [-0.2, -0.15) is 9.61 Å². The first-order valence-electron chi connectivity index (χ1n) is 6.82. The SMILES string of the molecule is Cc1nnc2sc(CCNS(=O)(=O)Cc3ccc(Cl)cc3)nn12. The number of rotatable bonds is 6. The molecular formula is C13H14ClN5O2S2. The third-order valence-electron chi connectivity index (χ3n) is 3.12. The van der Waals surface area contributed by atoms with Crippen molar-refractivity contribution >= 4 is 37.9 Å². The first-order valence-corrected chi connectivity index (χ1v) is 9.67. The van der Waals surface area contributed by atoms with Crippen LogP contribution in [0.3, 0.4) is 0 Å². The van der Waals surface area contributed by atoms with Gasteiger partial charge in [0.25, 0.3) is 0 Å². The van der Waals surface area contributed by atoms with Crippen LogP contribution in [0.4, 0.5) is 0 Å². The van der Waals surface area contributed by atoms with Gasteiger partial charge in [-0.3, -0.25) is 0 Å². The van der Waals surface area contributed by atoms with Crippen molar-refractivity contribution in [1.29, 1.82) is 0 Å². The number of nitrogens with zero attached hydrogens (tertiary/aromatic N) is 4. The smallest absolute Gasteiger partial charge is 0.215 e. The molecule has 3 rings (SSSR count). The van der Waals surface area contributed by atoms with Crippen LogP contribution < -0.4 is 4.72 Å². The molecule has 0 saturated carbocycles. The Morgan fingerprint density at radius 3 is 2.70 bits per heavy atom. The van der Waals surface area contributed by atoms with Gasteiger partial charge in [0, 0.05) is 18.0 Å². The van der Waals surface area contributed by atoms with E-state index >= 15 is 0 Å². The average Bonchev–Trinajstić information content (AvgIpc) is 3.03. The summed E-state index contributed by atoms with van der Waals surface area (Å²) in [5.74, 6) is 0.639. The van der Waals surface area contributed by atoms with Crippen LogP contribution in [0.1, 0.15) is 16.4 Å². The maximum Gasteiger partial charge on any atom is 0.234 e. The summed E-state index contributed by atoms with van der Waals surface area (Å²) in [6.45, 7) is 2.11. The number of halogens is 1. The second-order valence-electron chi connectivity index (χ2n) is 4.97. The Hall–Kier alpha value is -1.55. The zero-order chi connectivity index (χ0) is 16.4. The highest BCUT2D eigenvalue weighted by atomic mass is 35.5. The molecule has 1 N–H and O–H groups in total. The predicted molar refractivity (Wildman–Crippen MR) is 89.2 cm³/mol. The van der Waals surface area contributed by atoms with Crippen LogP contribution in [0, 0.1) is 6.92 Å². The Morgan fingerprint density at radius 2 is 2.00 bits per heavy atom. The molecule has 0 aliphatic rings. The van der Waals surface area contributed by atoms with Crippen LogP contribution in [-0.4, -0.2) is 34.8 Å². The maximum absolute atomic E-state index is 12.1. The summed E-state index contributed by atoms with van der Waals surface area (Å²) in [7, 11) is -3.39. The minimum atomic E-state index is -3.39. The van der Waals surface area contributed by atoms with E-state index < -0.39 is 10.0 Å². The van der Waals surface area contributed by atoms with Crippen LogP contribution in [0.5, 0.6) is 0 Å². The summed E-state index contributed by atoms with van der Waals surface area (Å²) in [4.78, 5) is 0.710. The van der Waals surface area contributed by atoms with Gasteiger partial charge in [0.15, 0.2) is 5.82 Å². The molecule has 0 amide bonds. The number of aromatic nitrogens is 4. The van der Waals surface area contributed by atoms with Crippen molar-refractivity contribution in [2.24, 2.45) is 0 Å².